The van der Waals surface area contributed by atoms with E-state index in [1.54, 1.807) is 0 Å². The highest BCUT2D eigenvalue weighted by atomic mass is 19.2. The van der Waals surface area contributed by atoms with Crippen molar-refractivity contribution in [3.63, 3.8) is 0 Å². The van der Waals surface area contributed by atoms with Crippen LogP contribution >= 0.6 is 0 Å². The molecule has 1 aliphatic carbocycles. The van der Waals surface area contributed by atoms with Gasteiger partial charge in [-0.2, -0.15) is 0 Å². The average Bonchev–Trinajstić information content (AvgIpc) is 2.70. The quantitative estimate of drug-likeness (QED) is 0.490. The first-order valence-corrected chi connectivity index (χ1v) is 9.90. The van der Waals surface area contributed by atoms with Crippen molar-refractivity contribution in [1.82, 2.24) is 0 Å². The summed E-state index contributed by atoms with van der Waals surface area (Å²) in [6.07, 6.45) is 3.73. The second-order valence-corrected chi connectivity index (χ2v) is 7.87. The molecule has 1 saturated carbocycles. The van der Waals surface area contributed by atoms with Gasteiger partial charge < -0.3 is 9.64 Å². The van der Waals surface area contributed by atoms with Crippen molar-refractivity contribution in [1.29, 1.82) is 0 Å². The Bertz CT molecular complexity index is 898. The van der Waals surface area contributed by atoms with E-state index < -0.39 is 40.7 Å². The van der Waals surface area contributed by atoms with E-state index in [4.69, 9.17) is 4.74 Å². The fourth-order valence-electron chi connectivity index (χ4n) is 4.00. The van der Waals surface area contributed by atoms with Crippen LogP contribution in [0.1, 0.15) is 47.2 Å². The molecule has 3 rings (SSSR count). The molecule has 2 aromatic rings. The Morgan fingerprint density at radius 1 is 1.10 bits per heavy atom. The molecule has 29 heavy (non-hydrogen) atoms. The van der Waals surface area contributed by atoms with E-state index in [2.05, 4.69) is 0 Å². The molecule has 0 aromatic heterocycles. The minimum absolute atomic E-state index is 0.0667. The van der Waals surface area contributed by atoms with Gasteiger partial charge in [0.25, 0.3) is 0 Å². The lowest BCUT2D eigenvalue weighted by Crippen LogP contribution is -2.32. The van der Waals surface area contributed by atoms with E-state index in [1.165, 1.54) is 0 Å². The van der Waals surface area contributed by atoms with Gasteiger partial charge in [-0.25, -0.2) is 18.0 Å². The first kappa shape index (κ1) is 21.2. The number of rotatable bonds is 5. The van der Waals surface area contributed by atoms with Crippen molar-refractivity contribution >= 4 is 11.7 Å². The molecule has 0 N–H and O–H groups in total. The van der Waals surface area contributed by atoms with Gasteiger partial charge in [0.15, 0.2) is 11.6 Å². The third-order valence-electron chi connectivity index (χ3n) is 5.66. The van der Waals surface area contributed by atoms with Gasteiger partial charge in [-0.3, -0.25) is 0 Å². The molecule has 2 aromatic carbocycles. The number of nitrogens with zero attached hydrogens (tertiary/aromatic N) is 1. The number of para-hydroxylation sites is 1. The zero-order valence-electron chi connectivity index (χ0n) is 17.0. The molecule has 6 heteroatoms. The lowest BCUT2D eigenvalue weighted by molar-refractivity contribution is 0.000873. The van der Waals surface area contributed by atoms with Gasteiger partial charge in [0, 0.05) is 31.3 Å². The van der Waals surface area contributed by atoms with E-state index in [-0.39, 0.29) is 5.92 Å². The minimum atomic E-state index is -1.36. The Hall–Kier alpha value is -2.50. The van der Waals surface area contributed by atoms with Gasteiger partial charge in [-0.05, 0) is 50.3 Å². The number of esters is 1. The van der Waals surface area contributed by atoms with E-state index in [0.717, 1.165) is 43.5 Å². The maximum atomic E-state index is 14.2. The SMILES string of the molecule is Cc1c(F)cc(C(=O)OC2CCCCC2Cc2ccccc2N(C)C)c(F)c1F. The third kappa shape index (κ3) is 4.57. The molecule has 1 fully saturated rings. The molecule has 0 heterocycles. The monoisotopic (exact) mass is 405 g/mol. The maximum Gasteiger partial charge on any atom is 0.341 e. The summed E-state index contributed by atoms with van der Waals surface area (Å²) in [6.45, 7) is 1.13. The smallest absolute Gasteiger partial charge is 0.341 e. The first-order chi connectivity index (χ1) is 13.8. The van der Waals surface area contributed by atoms with E-state index in [0.29, 0.717) is 12.8 Å². The molecule has 2 atom stereocenters. The van der Waals surface area contributed by atoms with Crippen LogP contribution in [-0.2, 0) is 11.2 Å². The van der Waals surface area contributed by atoms with Gasteiger partial charge in [0.1, 0.15) is 17.5 Å². The Morgan fingerprint density at radius 2 is 1.79 bits per heavy atom. The summed E-state index contributed by atoms with van der Waals surface area (Å²) in [7, 11) is 3.95. The summed E-state index contributed by atoms with van der Waals surface area (Å²) >= 11 is 0. The topological polar surface area (TPSA) is 29.5 Å². The van der Waals surface area contributed by atoms with Gasteiger partial charge in [-0.1, -0.05) is 24.6 Å². The normalized spacial score (nSPS) is 19.1. The molecule has 0 saturated heterocycles. The van der Waals surface area contributed by atoms with Gasteiger partial charge >= 0.3 is 5.97 Å². The molecule has 0 spiro atoms. The fraction of sp³-hybridized carbons (Fsp3) is 0.435. The Balaban J connectivity index is 1.80. The predicted octanol–water partition coefficient (Wildman–Crippen LogP) is 5.44. The lowest BCUT2D eigenvalue weighted by Gasteiger charge is -2.32. The van der Waals surface area contributed by atoms with Crippen molar-refractivity contribution in [2.75, 3.05) is 19.0 Å². The van der Waals surface area contributed by atoms with Crippen LogP contribution < -0.4 is 4.90 Å². The summed E-state index contributed by atoms with van der Waals surface area (Å²) in [5.41, 5.74) is 1.10. The summed E-state index contributed by atoms with van der Waals surface area (Å²) in [5, 5.41) is 0. The number of anilines is 1. The molecule has 0 bridgehead atoms. The highest BCUT2D eigenvalue weighted by molar-refractivity contribution is 5.90. The van der Waals surface area contributed by atoms with Crippen molar-refractivity contribution < 1.29 is 22.7 Å². The van der Waals surface area contributed by atoms with Gasteiger partial charge in [-0.15, -0.1) is 0 Å². The summed E-state index contributed by atoms with van der Waals surface area (Å²) in [5.74, 6) is -4.62. The van der Waals surface area contributed by atoms with Crippen molar-refractivity contribution in [3.05, 3.63) is 64.5 Å². The molecule has 1 aliphatic rings. The highest BCUT2D eigenvalue weighted by Crippen LogP contribution is 2.33. The first-order valence-electron chi connectivity index (χ1n) is 9.90. The molecule has 3 nitrogen and oxygen atoms in total. The van der Waals surface area contributed by atoms with Crippen LogP contribution in [0.4, 0.5) is 18.9 Å². The van der Waals surface area contributed by atoms with Crippen molar-refractivity contribution in [2.24, 2.45) is 5.92 Å². The van der Waals surface area contributed by atoms with Crippen LogP contribution in [0, 0.1) is 30.3 Å². The van der Waals surface area contributed by atoms with Crippen LogP contribution in [0.5, 0.6) is 0 Å². The largest absolute Gasteiger partial charge is 0.458 e. The molecule has 2 unspecified atom stereocenters. The molecule has 156 valence electrons. The van der Waals surface area contributed by atoms with Crippen LogP contribution in [0.2, 0.25) is 0 Å². The summed E-state index contributed by atoms with van der Waals surface area (Å²) in [4.78, 5) is 14.6. The second-order valence-electron chi connectivity index (χ2n) is 7.87. The van der Waals surface area contributed by atoms with E-state index in [9.17, 15) is 18.0 Å². The van der Waals surface area contributed by atoms with E-state index >= 15 is 0 Å². The number of carbonyl (C=O) groups is 1. The fourth-order valence-corrected chi connectivity index (χ4v) is 4.00. The lowest BCUT2D eigenvalue weighted by atomic mass is 9.82. The zero-order valence-corrected chi connectivity index (χ0v) is 17.0. The van der Waals surface area contributed by atoms with Crippen LogP contribution in [-0.4, -0.2) is 26.2 Å². The van der Waals surface area contributed by atoms with E-state index in [1.807, 2.05) is 43.3 Å². The number of hydrogen-bond donors (Lipinski definition) is 0. The van der Waals surface area contributed by atoms with Crippen LogP contribution in [0.3, 0.4) is 0 Å². The standard InChI is InChI=1S/C23H26F3NO2/c1-14-18(24)13-17(22(26)21(14)25)23(28)29-20-11-7-5-9-16(20)12-15-8-4-6-10-19(15)27(2)3/h4,6,8,10,13,16,20H,5,7,9,11-12H2,1-3H3. The number of hydrogen-bond acceptors (Lipinski definition) is 3. The van der Waals surface area contributed by atoms with Crippen molar-refractivity contribution in [2.45, 2.75) is 45.1 Å². The van der Waals surface area contributed by atoms with Gasteiger partial charge in [0.05, 0.1) is 0 Å². The minimum Gasteiger partial charge on any atom is -0.458 e. The molecule has 0 radical (unpaired) electrons. The Morgan fingerprint density at radius 3 is 2.52 bits per heavy atom. The van der Waals surface area contributed by atoms with Crippen LogP contribution in [0.15, 0.2) is 30.3 Å². The number of carbonyl (C=O) groups excluding carboxylic acids is 1. The molecule has 0 amide bonds. The second kappa shape index (κ2) is 8.89. The van der Waals surface area contributed by atoms with Crippen LogP contribution in [0.25, 0.3) is 0 Å². The summed E-state index contributed by atoms with van der Waals surface area (Å²) in [6, 6.07) is 8.74. The Kier molecular flexibility index (Phi) is 6.50. The zero-order chi connectivity index (χ0) is 21.1. The predicted molar refractivity (Wildman–Crippen MR) is 107 cm³/mol. The summed E-state index contributed by atoms with van der Waals surface area (Å²) < 4.78 is 47.4. The maximum absolute atomic E-state index is 14.2. The Labute approximate surface area is 169 Å². The number of benzene rings is 2. The highest BCUT2D eigenvalue weighted by Gasteiger charge is 2.31. The molecular formula is C23H26F3NO2. The number of ether oxygens (including phenoxy) is 1. The number of halogens is 3. The van der Waals surface area contributed by atoms with Gasteiger partial charge in [0.2, 0.25) is 0 Å². The third-order valence-corrected chi connectivity index (χ3v) is 5.66. The average molecular weight is 405 g/mol. The molecule has 0 aliphatic heterocycles. The van der Waals surface area contributed by atoms with Crippen molar-refractivity contribution in [3.8, 4) is 0 Å². The molecular weight excluding hydrogens is 379 g/mol.